The molecule has 28 heavy (non-hydrogen) atoms. The summed E-state index contributed by atoms with van der Waals surface area (Å²) in [7, 11) is 7.58. The molecule has 2 radical (unpaired) electrons. The largest absolute Gasteiger partial charge is 0.490 e. The van der Waals surface area contributed by atoms with Crippen LogP contribution in [-0.4, -0.2) is 28.7 Å². The van der Waals surface area contributed by atoms with Crippen LogP contribution in [0, 0.1) is 5.82 Å². The summed E-state index contributed by atoms with van der Waals surface area (Å²) < 4.78 is 61.8. The molecule has 144 valence electrons. The highest BCUT2D eigenvalue weighted by Gasteiger charge is 2.36. The topological polar surface area (TPSA) is 39.9 Å². The van der Waals surface area contributed by atoms with Gasteiger partial charge in [-0.3, -0.25) is 9.67 Å². The molecule has 0 amide bonds. The average molecular weight is 389 g/mol. The molecule has 4 nitrogen and oxygen atoms in total. The van der Waals surface area contributed by atoms with E-state index in [-0.39, 0.29) is 39.8 Å². The fourth-order valence-electron chi connectivity index (χ4n) is 2.79. The summed E-state index contributed by atoms with van der Waals surface area (Å²) >= 11 is 0. The lowest BCUT2D eigenvalue weighted by molar-refractivity contribution is -0.137. The maximum atomic E-state index is 13.7. The number of alkyl halides is 3. The first kappa shape index (κ1) is 19.9. The van der Waals surface area contributed by atoms with E-state index >= 15 is 0 Å². The minimum absolute atomic E-state index is 0.00983. The molecule has 0 N–H and O–H groups in total. The molecule has 1 aromatic carbocycles. The van der Waals surface area contributed by atoms with Crippen molar-refractivity contribution in [3.05, 3.63) is 48.0 Å². The molecule has 0 spiro atoms. The van der Waals surface area contributed by atoms with Crippen molar-refractivity contribution in [3.8, 4) is 28.1 Å². The van der Waals surface area contributed by atoms with Crippen LogP contribution < -0.4 is 10.3 Å². The highest BCUT2D eigenvalue weighted by atomic mass is 19.4. The monoisotopic (exact) mass is 389 g/mol. The van der Waals surface area contributed by atoms with E-state index in [1.807, 2.05) is 0 Å². The third-order valence-electron chi connectivity index (χ3n) is 3.93. The molecule has 0 aliphatic rings. The number of rotatable bonds is 4. The number of hydrogen-bond donors (Lipinski definition) is 0. The summed E-state index contributed by atoms with van der Waals surface area (Å²) in [4.78, 5) is 4.00. The first-order chi connectivity index (χ1) is 13.1. The van der Waals surface area contributed by atoms with Crippen LogP contribution >= 0.6 is 0 Å². The van der Waals surface area contributed by atoms with Crippen LogP contribution in [0.4, 0.5) is 17.6 Å². The highest BCUT2D eigenvalue weighted by Crippen LogP contribution is 2.39. The molecule has 0 aliphatic carbocycles. The second-order valence-electron chi connectivity index (χ2n) is 6.52. The fraction of sp³-hybridized carbons (Fsp3) is 0.263. The molecule has 0 aliphatic heterocycles. The van der Waals surface area contributed by atoms with Gasteiger partial charge in [0, 0.05) is 30.4 Å². The number of nitrogens with zero attached hydrogens (tertiary/aromatic N) is 3. The zero-order valence-corrected chi connectivity index (χ0v) is 15.4. The Morgan fingerprint density at radius 1 is 1.14 bits per heavy atom. The second kappa shape index (κ2) is 7.29. The van der Waals surface area contributed by atoms with Crippen molar-refractivity contribution in [1.29, 1.82) is 0 Å². The van der Waals surface area contributed by atoms with Crippen molar-refractivity contribution in [2.45, 2.75) is 26.1 Å². The van der Waals surface area contributed by atoms with Crippen LogP contribution in [0.2, 0.25) is 0 Å². The molecule has 0 bridgehead atoms. The Hall–Kier alpha value is -2.84. The summed E-state index contributed by atoms with van der Waals surface area (Å²) in [5.41, 5.74) is -1.00. The molecule has 0 saturated carbocycles. The van der Waals surface area contributed by atoms with Gasteiger partial charge in [0.05, 0.1) is 23.6 Å². The summed E-state index contributed by atoms with van der Waals surface area (Å²) in [6, 6.07) is 4.47. The number of aryl methyl sites for hydroxylation is 1. The first-order valence-electron chi connectivity index (χ1n) is 8.39. The Labute approximate surface area is 160 Å². The van der Waals surface area contributed by atoms with Crippen LogP contribution in [0.15, 0.2) is 36.7 Å². The third kappa shape index (κ3) is 4.03. The zero-order chi connectivity index (χ0) is 20.6. The van der Waals surface area contributed by atoms with Gasteiger partial charge in [-0.15, -0.1) is 0 Å². The van der Waals surface area contributed by atoms with Gasteiger partial charge in [-0.05, 0) is 43.2 Å². The van der Waals surface area contributed by atoms with Crippen LogP contribution in [0.3, 0.4) is 0 Å². The number of hydrogen-bond acceptors (Lipinski definition) is 3. The average Bonchev–Trinajstić information content (AvgIpc) is 3.00. The molecule has 2 heterocycles. The Morgan fingerprint density at radius 3 is 2.43 bits per heavy atom. The second-order valence-corrected chi connectivity index (χ2v) is 6.52. The molecular formula is C19H16BF4N3O. The Bertz CT molecular complexity index is 1010. The summed E-state index contributed by atoms with van der Waals surface area (Å²) in [6.07, 6.45) is -2.30. The molecule has 0 saturated heterocycles. The van der Waals surface area contributed by atoms with Crippen molar-refractivity contribution in [1.82, 2.24) is 14.8 Å². The van der Waals surface area contributed by atoms with Gasteiger partial charge in [0.25, 0.3) is 0 Å². The lowest BCUT2D eigenvalue weighted by Crippen LogP contribution is -2.19. The quantitative estimate of drug-likeness (QED) is 0.502. The fourth-order valence-corrected chi connectivity index (χ4v) is 2.79. The Morgan fingerprint density at radius 2 is 1.86 bits per heavy atom. The standard InChI is InChI=1S/C19H16BF4N3O/c1-10(2)28-16-6-12(21)4-5-13(16)14-7-15(19(22,23)24)17(26-18(14)20)11-8-25-27(3)9-11/h4-10H,1-3H3. The van der Waals surface area contributed by atoms with Crippen molar-refractivity contribution in [2.24, 2.45) is 7.05 Å². The maximum absolute atomic E-state index is 13.7. The summed E-state index contributed by atoms with van der Waals surface area (Å²) in [6.45, 7) is 3.45. The predicted molar refractivity (Wildman–Crippen MR) is 98.0 cm³/mol. The van der Waals surface area contributed by atoms with Crippen molar-refractivity contribution >= 4 is 13.4 Å². The zero-order valence-electron chi connectivity index (χ0n) is 15.4. The number of aromatic nitrogens is 3. The van der Waals surface area contributed by atoms with Crippen LogP contribution in [0.1, 0.15) is 19.4 Å². The molecule has 0 unspecified atom stereocenters. The maximum Gasteiger partial charge on any atom is 0.418 e. The molecule has 0 fully saturated rings. The van der Waals surface area contributed by atoms with E-state index in [1.54, 1.807) is 20.9 Å². The predicted octanol–water partition coefficient (Wildman–Crippen LogP) is 3.89. The van der Waals surface area contributed by atoms with E-state index in [0.29, 0.717) is 0 Å². The number of halogens is 4. The van der Waals surface area contributed by atoms with Crippen molar-refractivity contribution < 1.29 is 22.3 Å². The summed E-state index contributed by atoms with van der Waals surface area (Å²) in [5.74, 6) is -0.486. The highest BCUT2D eigenvalue weighted by molar-refractivity contribution is 6.34. The van der Waals surface area contributed by atoms with Gasteiger partial charge in [-0.1, -0.05) is 0 Å². The van der Waals surface area contributed by atoms with Gasteiger partial charge in [-0.25, -0.2) is 4.39 Å². The van der Waals surface area contributed by atoms with Gasteiger partial charge in [0.1, 0.15) is 19.4 Å². The smallest absolute Gasteiger partial charge is 0.418 e. The van der Waals surface area contributed by atoms with Gasteiger partial charge >= 0.3 is 6.18 Å². The van der Waals surface area contributed by atoms with E-state index in [9.17, 15) is 17.6 Å². The SMILES string of the molecule is [B]c1nc(-c2cnn(C)c2)c(C(F)(F)F)cc1-c1ccc(F)cc1OC(C)C. The van der Waals surface area contributed by atoms with Gasteiger partial charge < -0.3 is 4.74 Å². The minimum atomic E-state index is -4.68. The van der Waals surface area contributed by atoms with Gasteiger partial charge in [-0.2, -0.15) is 18.3 Å². The number of ether oxygens (including phenoxy) is 1. The third-order valence-corrected chi connectivity index (χ3v) is 3.93. The van der Waals surface area contributed by atoms with Crippen LogP contribution in [0.5, 0.6) is 5.75 Å². The van der Waals surface area contributed by atoms with E-state index < -0.39 is 17.6 Å². The van der Waals surface area contributed by atoms with E-state index in [0.717, 1.165) is 18.2 Å². The Balaban J connectivity index is 2.24. The normalized spacial score (nSPS) is 11.9. The van der Waals surface area contributed by atoms with Gasteiger partial charge in [0.15, 0.2) is 0 Å². The van der Waals surface area contributed by atoms with E-state index in [2.05, 4.69) is 10.1 Å². The van der Waals surface area contributed by atoms with E-state index in [1.165, 1.54) is 23.1 Å². The molecule has 9 heteroatoms. The number of pyridine rings is 1. The van der Waals surface area contributed by atoms with Crippen LogP contribution in [0.25, 0.3) is 22.4 Å². The van der Waals surface area contributed by atoms with Crippen molar-refractivity contribution in [2.75, 3.05) is 0 Å². The molecule has 3 aromatic rings. The van der Waals surface area contributed by atoms with Crippen molar-refractivity contribution in [3.63, 3.8) is 0 Å². The van der Waals surface area contributed by atoms with Gasteiger partial charge in [0.2, 0.25) is 0 Å². The van der Waals surface area contributed by atoms with Crippen LogP contribution in [-0.2, 0) is 13.2 Å². The molecular weight excluding hydrogens is 373 g/mol. The first-order valence-corrected chi connectivity index (χ1v) is 8.39. The molecule has 0 atom stereocenters. The lowest BCUT2D eigenvalue weighted by atomic mass is 9.89. The minimum Gasteiger partial charge on any atom is -0.490 e. The lowest BCUT2D eigenvalue weighted by Gasteiger charge is -2.19. The summed E-state index contributed by atoms with van der Waals surface area (Å²) in [5, 5.41) is 3.89. The Kier molecular flexibility index (Phi) is 5.19. The van der Waals surface area contributed by atoms with E-state index in [4.69, 9.17) is 12.6 Å². The molecule has 2 aromatic heterocycles. The molecule has 3 rings (SSSR count). The number of benzene rings is 1.